The van der Waals surface area contributed by atoms with Crippen molar-refractivity contribution in [3.05, 3.63) is 0 Å². The molecule has 0 aromatic rings. The van der Waals surface area contributed by atoms with E-state index < -0.39 is 0 Å². The van der Waals surface area contributed by atoms with Crippen molar-refractivity contribution in [2.45, 2.75) is 44.2 Å². The third-order valence-electron chi connectivity index (χ3n) is 4.30. The van der Waals surface area contributed by atoms with Crippen LogP contribution in [0.4, 0.5) is 0 Å². The van der Waals surface area contributed by atoms with Crippen molar-refractivity contribution in [2.75, 3.05) is 39.9 Å². The summed E-state index contributed by atoms with van der Waals surface area (Å²) < 4.78 is 5.01. The molecule has 0 aliphatic carbocycles. The average Bonchev–Trinajstić information content (AvgIpc) is 2.75. The Morgan fingerprint density at radius 2 is 2.16 bits per heavy atom. The first-order chi connectivity index (χ1) is 9.22. The first-order valence-corrected chi connectivity index (χ1v) is 7.49. The summed E-state index contributed by atoms with van der Waals surface area (Å²) in [4.78, 5) is 16.9. The normalized spacial score (nSPS) is 26.0. The summed E-state index contributed by atoms with van der Waals surface area (Å²) in [6.07, 6.45) is 5.15. The molecule has 0 saturated carbocycles. The van der Waals surface area contributed by atoms with Crippen LogP contribution in [0.2, 0.25) is 0 Å². The van der Waals surface area contributed by atoms with Crippen molar-refractivity contribution >= 4 is 5.91 Å². The molecular formula is C14H27N3O2. The fourth-order valence-electron chi connectivity index (χ4n) is 3.21. The van der Waals surface area contributed by atoms with Crippen LogP contribution in [0.15, 0.2) is 0 Å². The lowest BCUT2D eigenvalue weighted by atomic mass is 10.1. The molecule has 2 aliphatic heterocycles. The fourth-order valence-corrected chi connectivity index (χ4v) is 3.21. The minimum Gasteiger partial charge on any atom is -0.385 e. The summed E-state index contributed by atoms with van der Waals surface area (Å²) >= 11 is 0. The Morgan fingerprint density at radius 3 is 2.95 bits per heavy atom. The molecule has 5 heteroatoms. The largest absolute Gasteiger partial charge is 0.385 e. The zero-order valence-corrected chi connectivity index (χ0v) is 12.0. The molecule has 2 rings (SSSR count). The standard InChI is InChI=1S/C14H27N3O2/c1-19-10-3-6-13(15)14(18)17-9-4-8-16-7-2-5-12(16)11-17/h12-13H,2-11,15H2,1H3. The minimum absolute atomic E-state index is 0.129. The third-order valence-corrected chi connectivity index (χ3v) is 4.30. The quantitative estimate of drug-likeness (QED) is 0.736. The highest BCUT2D eigenvalue weighted by Gasteiger charge is 2.31. The van der Waals surface area contributed by atoms with Gasteiger partial charge in [-0.05, 0) is 38.6 Å². The minimum atomic E-state index is -0.358. The lowest BCUT2D eigenvalue weighted by Crippen LogP contribution is -2.47. The van der Waals surface area contributed by atoms with Gasteiger partial charge in [0.05, 0.1) is 6.04 Å². The number of carbonyl (C=O) groups is 1. The van der Waals surface area contributed by atoms with Gasteiger partial charge in [-0.2, -0.15) is 0 Å². The van der Waals surface area contributed by atoms with E-state index in [1.807, 2.05) is 4.90 Å². The molecule has 0 bridgehead atoms. The maximum atomic E-state index is 12.4. The molecule has 1 amide bonds. The molecule has 2 N–H and O–H groups in total. The molecule has 2 aliphatic rings. The van der Waals surface area contributed by atoms with Gasteiger partial charge >= 0.3 is 0 Å². The number of fused-ring (bicyclic) bond motifs is 1. The Labute approximate surface area is 116 Å². The molecule has 0 radical (unpaired) electrons. The molecule has 2 saturated heterocycles. The summed E-state index contributed by atoms with van der Waals surface area (Å²) in [5.74, 6) is 0.129. The zero-order chi connectivity index (χ0) is 13.7. The Morgan fingerprint density at radius 1 is 1.37 bits per heavy atom. The van der Waals surface area contributed by atoms with E-state index in [2.05, 4.69) is 4.90 Å². The van der Waals surface area contributed by atoms with Gasteiger partial charge in [0.15, 0.2) is 0 Å². The number of rotatable bonds is 5. The average molecular weight is 269 g/mol. The van der Waals surface area contributed by atoms with Crippen molar-refractivity contribution in [3.63, 3.8) is 0 Å². The number of nitrogens with zero attached hydrogens (tertiary/aromatic N) is 2. The van der Waals surface area contributed by atoms with E-state index in [1.165, 1.54) is 19.4 Å². The maximum absolute atomic E-state index is 12.4. The van der Waals surface area contributed by atoms with Crippen molar-refractivity contribution in [1.29, 1.82) is 0 Å². The second kappa shape index (κ2) is 7.22. The van der Waals surface area contributed by atoms with Gasteiger partial charge in [0.25, 0.3) is 0 Å². The lowest BCUT2D eigenvalue weighted by Gasteiger charge is -2.27. The first kappa shape index (κ1) is 14.8. The van der Waals surface area contributed by atoms with Gasteiger partial charge in [-0.3, -0.25) is 9.69 Å². The van der Waals surface area contributed by atoms with Gasteiger partial charge < -0.3 is 15.4 Å². The number of methoxy groups -OCH3 is 1. The highest BCUT2D eigenvalue weighted by atomic mass is 16.5. The summed E-state index contributed by atoms with van der Waals surface area (Å²) in [7, 11) is 1.68. The highest BCUT2D eigenvalue weighted by Crippen LogP contribution is 2.21. The molecule has 0 aromatic carbocycles. The van der Waals surface area contributed by atoms with E-state index in [0.717, 1.165) is 38.9 Å². The van der Waals surface area contributed by atoms with E-state index in [-0.39, 0.29) is 11.9 Å². The molecule has 5 nitrogen and oxygen atoms in total. The molecule has 0 aromatic heterocycles. The van der Waals surface area contributed by atoms with Crippen LogP contribution < -0.4 is 5.73 Å². The number of ether oxygens (including phenoxy) is 1. The lowest BCUT2D eigenvalue weighted by molar-refractivity contribution is -0.133. The molecule has 2 unspecified atom stereocenters. The SMILES string of the molecule is COCCCC(N)C(=O)N1CCCN2CCCC2C1. The molecule has 110 valence electrons. The van der Waals surface area contributed by atoms with Crippen LogP contribution >= 0.6 is 0 Å². The van der Waals surface area contributed by atoms with E-state index in [4.69, 9.17) is 10.5 Å². The van der Waals surface area contributed by atoms with Crippen LogP contribution in [-0.4, -0.2) is 67.7 Å². The molecular weight excluding hydrogens is 242 g/mol. The Bertz CT molecular complexity index is 298. The van der Waals surface area contributed by atoms with Crippen LogP contribution in [0, 0.1) is 0 Å². The van der Waals surface area contributed by atoms with Crippen LogP contribution in [0.1, 0.15) is 32.1 Å². The smallest absolute Gasteiger partial charge is 0.239 e. The summed E-state index contributed by atoms with van der Waals surface area (Å²) in [6, 6.07) is 0.209. The van der Waals surface area contributed by atoms with E-state index in [1.54, 1.807) is 7.11 Å². The number of hydrogen-bond acceptors (Lipinski definition) is 4. The Hall–Kier alpha value is -0.650. The summed E-state index contributed by atoms with van der Waals surface area (Å²) in [5.41, 5.74) is 6.02. The fraction of sp³-hybridized carbons (Fsp3) is 0.929. The van der Waals surface area contributed by atoms with Crippen LogP contribution in [0.5, 0.6) is 0 Å². The molecule has 2 heterocycles. The van der Waals surface area contributed by atoms with Crippen molar-refractivity contribution in [1.82, 2.24) is 9.80 Å². The Balaban J connectivity index is 1.83. The van der Waals surface area contributed by atoms with Crippen LogP contribution in [0.3, 0.4) is 0 Å². The zero-order valence-electron chi connectivity index (χ0n) is 12.0. The number of carbonyl (C=O) groups excluding carboxylic acids is 1. The van der Waals surface area contributed by atoms with Crippen LogP contribution in [0.25, 0.3) is 0 Å². The third kappa shape index (κ3) is 3.91. The van der Waals surface area contributed by atoms with Crippen molar-refractivity contribution in [2.24, 2.45) is 5.73 Å². The number of hydrogen-bond donors (Lipinski definition) is 1. The molecule has 2 atom stereocenters. The molecule has 19 heavy (non-hydrogen) atoms. The molecule has 0 spiro atoms. The van der Waals surface area contributed by atoms with Gasteiger partial charge in [-0.15, -0.1) is 0 Å². The maximum Gasteiger partial charge on any atom is 0.239 e. The topological polar surface area (TPSA) is 58.8 Å². The van der Waals surface area contributed by atoms with Gasteiger partial charge in [0.1, 0.15) is 0 Å². The number of amides is 1. The van der Waals surface area contributed by atoms with Crippen LogP contribution in [-0.2, 0) is 9.53 Å². The van der Waals surface area contributed by atoms with Gasteiger partial charge in [0.2, 0.25) is 5.91 Å². The second-order valence-electron chi connectivity index (χ2n) is 5.71. The predicted octanol–water partition coefficient (Wildman–Crippen LogP) is 0.437. The van der Waals surface area contributed by atoms with Crippen molar-refractivity contribution in [3.8, 4) is 0 Å². The van der Waals surface area contributed by atoms with Gasteiger partial charge in [-0.25, -0.2) is 0 Å². The van der Waals surface area contributed by atoms with E-state index >= 15 is 0 Å². The number of nitrogens with two attached hydrogens (primary N) is 1. The highest BCUT2D eigenvalue weighted by molar-refractivity contribution is 5.81. The van der Waals surface area contributed by atoms with Crippen molar-refractivity contribution < 1.29 is 9.53 Å². The van der Waals surface area contributed by atoms with Gasteiger partial charge in [-0.1, -0.05) is 0 Å². The monoisotopic (exact) mass is 269 g/mol. The summed E-state index contributed by atoms with van der Waals surface area (Å²) in [5, 5.41) is 0. The predicted molar refractivity (Wildman–Crippen MR) is 74.9 cm³/mol. The Kier molecular flexibility index (Phi) is 5.60. The van der Waals surface area contributed by atoms with E-state index in [0.29, 0.717) is 12.6 Å². The second-order valence-corrected chi connectivity index (χ2v) is 5.71. The molecule has 2 fully saturated rings. The first-order valence-electron chi connectivity index (χ1n) is 7.49. The van der Waals surface area contributed by atoms with E-state index in [9.17, 15) is 4.79 Å². The van der Waals surface area contributed by atoms with Gasteiger partial charge in [0, 0.05) is 39.4 Å². The summed E-state index contributed by atoms with van der Waals surface area (Å²) in [6.45, 7) is 4.75.